The number of carbonyl (C=O) groups excluding carboxylic acids is 3. The monoisotopic (exact) mass is 507 g/mol. The first-order valence-corrected chi connectivity index (χ1v) is 11.6. The molecule has 0 heterocycles. The van der Waals surface area contributed by atoms with Crippen LogP contribution in [0.15, 0.2) is 29.3 Å². The normalized spacial score (nSPS) is 14.0. The molecular formula is C23H37N7O6. The first-order valence-electron chi connectivity index (χ1n) is 11.6. The molecule has 11 N–H and O–H groups in total. The lowest BCUT2D eigenvalue weighted by Crippen LogP contribution is -2.55. The number of hydrogen-bond acceptors (Lipinski definition) is 7. The molecule has 0 fully saturated rings. The summed E-state index contributed by atoms with van der Waals surface area (Å²) in [5, 5.41) is 26.4. The third-order valence-electron chi connectivity index (χ3n) is 5.53. The van der Waals surface area contributed by atoms with Crippen LogP contribution in [0.2, 0.25) is 0 Å². The van der Waals surface area contributed by atoms with Crippen molar-refractivity contribution >= 4 is 29.7 Å². The number of nitrogens with one attached hydrogen (secondary N) is 3. The second kappa shape index (κ2) is 15.2. The van der Waals surface area contributed by atoms with Crippen molar-refractivity contribution in [2.75, 3.05) is 13.1 Å². The van der Waals surface area contributed by atoms with Gasteiger partial charge in [0.15, 0.2) is 5.96 Å². The quantitative estimate of drug-likeness (QED) is 0.0784. The SMILES string of the molecule is CCC(C)C(NC(=O)C(Cc1ccc(O)cc1)NC(=O)CNC(=O)C(N)CCCN=C(N)N)C(=O)O. The summed E-state index contributed by atoms with van der Waals surface area (Å²) >= 11 is 0. The Bertz CT molecular complexity index is 918. The maximum absolute atomic E-state index is 13.0. The van der Waals surface area contributed by atoms with Crippen molar-refractivity contribution in [3.8, 4) is 5.75 Å². The molecule has 13 heteroatoms. The average molecular weight is 508 g/mol. The van der Waals surface area contributed by atoms with Crippen LogP contribution >= 0.6 is 0 Å². The molecule has 200 valence electrons. The zero-order valence-corrected chi connectivity index (χ0v) is 20.6. The largest absolute Gasteiger partial charge is 0.508 e. The Morgan fingerprint density at radius 3 is 2.25 bits per heavy atom. The fourth-order valence-corrected chi connectivity index (χ4v) is 3.21. The van der Waals surface area contributed by atoms with E-state index in [4.69, 9.17) is 17.2 Å². The molecule has 4 atom stereocenters. The Balaban J connectivity index is 2.80. The number of nitrogens with zero attached hydrogens (tertiary/aromatic N) is 1. The third-order valence-corrected chi connectivity index (χ3v) is 5.53. The van der Waals surface area contributed by atoms with Gasteiger partial charge in [-0.05, 0) is 36.5 Å². The van der Waals surface area contributed by atoms with Crippen molar-refractivity contribution in [1.82, 2.24) is 16.0 Å². The number of benzene rings is 1. The summed E-state index contributed by atoms with van der Waals surface area (Å²) in [6, 6.07) is 2.87. The van der Waals surface area contributed by atoms with Gasteiger partial charge < -0.3 is 43.4 Å². The van der Waals surface area contributed by atoms with Crippen molar-refractivity contribution in [2.24, 2.45) is 28.1 Å². The number of carboxylic acid groups (broad SMARTS) is 1. The molecule has 3 amide bonds. The van der Waals surface area contributed by atoms with Crippen LogP contribution in [0.4, 0.5) is 0 Å². The average Bonchev–Trinajstić information content (AvgIpc) is 2.83. The summed E-state index contributed by atoms with van der Waals surface area (Å²) in [5.74, 6) is -3.47. The van der Waals surface area contributed by atoms with Gasteiger partial charge in [0.25, 0.3) is 0 Å². The van der Waals surface area contributed by atoms with Crippen LogP contribution in [-0.4, -0.2) is 71.1 Å². The molecule has 0 aliphatic rings. The topological polar surface area (TPSA) is 235 Å². The van der Waals surface area contributed by atoms with Crippen molar-refractivity contribution < 1.29 is 29.4 Å². The van der Waals surface area contributed by atoms with E-state index in [2.05, 4.69) is 20.9 Å². The van der Waals surface area contributed by atoms with E-state index in [0.717, 1.165) is 0 Å². The first kappa shape index (κ1) is 30.2. The van der Waals surface area contributed by atoms with Gasteiger partial charge >= 0.3 is 5.97 Å². The highest BCUT2D eigenvalue weighted by Gasteiger charge is 2.30. The molecule has 0 radical (unpaired) electrons. The lowest BCUT2D eigenvalue weighted by molar-refractivity contribution is -0.143. The minimum Gasteiger partial charge on any atom is -0.508 e. The highest BCUT2D eigenvalue weighted by molar-refractivity contribution is 5.92. The lowest BCUT2D eigenvalue weighted by atomic mass is 9.98. The number of nitrogens with two attached hydrogens (primary N) is 3. The molecule has 13 nitrogen and oxygen atoms in total. The number of guanidine groups is 1. The number of phenolic OH excluding ortho intramolecular Hbond substituents is 1. The number of carbonyl (C=O) groups is 4. The van der Waals surface area contributed by atoms with Gasteiger partial charge in [-0.15, -0.1) is 0 Å². The van der Waals surface area contributed by atoms with Crippen molar-refractivity contribution in [2.45, 2.75) is 57.7 Å². The molecule has 0 saturated heterocycles. The van der Waals surface area contributed by atoms with E-state index in [1.807, 2.05) is 0 Å². The third kappa shape index (κ3) is 11.0. The maximum Gasteiger partial charge on any atom is 0.326 e. The van der Waals surface area contributed by atoms with Gasteiger partial charge in [0.1, 0.15) is 17.8 Å². The number of aliphatic imine (C=N–C) groups is 1. The number of carboxylic acids is 1. The smallest absolute Gasteiger partial charge is 0.326 e. The Morgan fingerprint density at radius 1 is 1.06 bits per heavy atom. The summed E-state index contributed by atoms with van der Waals surface area (Å²) in [5.41, 5.74) is 16.9. The molecule has 0 bridgehead atoms. The van der Waals surface area contributed by atoms with E-state index < -0.39 is 48.4 Å². The van der Waals surface area contributed by atoms with Gasteiger partial charge in [-0.3, -0.25) is 19.4 Å². The van der Waals surface area contributed by atoms with Crippen LogP contribution in [0.5, 0.6) is 5.75 Å². The van der Waals surface area contributed by atoms with Gasteiger partial charge in [-0.2, -0.15) is 0 Å². The standard InChI is InChI=1S/C23H37N7O6/c1-3-13(2)19(22(35)36)30-21(34)17(11-14-6-8-15(31)9-7-14)29-18(32)12-28-20(33)16(24)5-4-10-27-23(25)26/h6-9,13,16-17,19,31H,3-5,10-12,24H2,1-2H3,(H,28,33)(H,29,32)(H,30,34)(H,35,36)(H4,25,26,27). The number of aromatic hydroxyl groups is 1. The summed E-state index contributed by atoms with van der Waals surface area (Å²) in [6.07, 6.45) is 1.31. The van der Waals surface area contributed by atoms with Gasteiger partial charge in [-0.1, -0.05) is 32.4 Å². The minimum atomic E-state index is -1.19. The molecule has 36 heavy (non-hydrogen) atoms. The first-order chi connectivity index (χ1) is 16.9. The number of amides is 3. The van der Waals surface area contributed by atoms with Crippen LogP contribution in [0.1, 0.15) is 38.7 Å². The molecule has 0 saturated carbocycles. The molecule has 1 aromatic rings. The maximum atomic E-state index is 13.0. The second-order valence-electron chi connectivity index (χ2n) is 8.47. The van der Waals surface area contributed by atoms with Gasteiger partial charge in [0.2, 0.25) is 17.7 Å². The zero-order valence-electron chi connectivity index (χ0n) is 20.6. The highest BCUT2D eigenvalue weighted by Crippen LogP contribution is 2.13. The van der Waals surface area contributed by atoms with Crippen LogP contribution in [0.25, 0.3) is 0 Å². The summed E-state index contributed by atoms with van der Waals surface area (Å²) in [7, 11) is 0. The Hall–Kier alpha value is -3.87. The molecule has 0 spiro atoms. The fraction of sp³-hybridized carbons (Fsp3) is 0.522. The molecule has 0 aliphatic carbocycles. The van der Waals surface area contributed by atoms with Crippen molar-refractivity contribution in [3.63, 3.8) is 0 Å². The van der Waals surface area contributed by atoms with Crippen LogP contribution in [-0.2, 0) is 25.6 Å². The van der Waals surface area contributed by atoms with Crippen molar-refractivity contribution in [1.29, 1.82) is 0 Å². The summed E-state index contributed by atoms with van der Waals surface area (Å²) < 4.78 is 0. The van der Waals surface area contributed by atoms with Crippen LogP contribution in [0, 0.1) is 5.92 Å². The Kier molecular flexibility index (Phi) is 12.7. The van der Waals surface area contributed by atoms with E-state index in [0.29, 0.717) is 31.4 Å². The number of phenols is 1. The van der Waals surface area contributed by atoms with Crippen LogP contribution in [0.3, 0.4) is 0 Å². The lowest BCUT2D eigenvalue weighted by Gasteiger charge is -2.24. The van der Waals surface area contributed by atoms with E-state index in [-0.39, 0.29) is 24.0 Å². The second-order valence-corrected chi connectivity index (χ2v) is 8.47. The number of rotatable bonds is 15. The fourth-order valence-electron chi connectivity index (χ4n) is 3.21. The van der Waals surface area contributed by atoms with Gasteiger partial charge in [0.05, 0.1) is 12.6 Å². The van der Waals surface area contributed by atoms with E-state index >= 15 is 0 Å². The minimum absolute atomic E-state index is 0.0307. The molecule has 4 unspecified atom stereocenters. The molecule has 0 aromatic heterocycles. The molecule has 1 rings (SSSR count). The van der Waals surface area contributed by atoms with Crippen molar-refractivity contribution in [3.05, 3.63) is 29.8 Å². The van der Waals surface area contributed by atoms with E-state index in [1.54, 1.807) is 26.0 Å². The van der Waals surface area contributed by atoms with Gasteiger partial charge in [0, 0.05) is 13.0 Å². The van der Waals surface area contributed by atoms with E-state index in [9.17, 15) is 29.4 Å². The predicted molar refractivity (Wildman–Crippen MR) is 134 cm³/mol. The zero-order chi connectivity index (χ0) is 27.3. The predicted octanol–water partition coefficient (Wildman–Crippen LogP) is -1.47. The molecule has 0 aliphatic heterocycles. The Labute approximate surface area is 209 Å². The summed E-state index contributed by atoms with van der Waals surface area (Å²) in [6.45, 7) is 3.37. The highest BCUT2D eigenvalue weighted by atomic mass is 16.4. The summed E-state index contributed by atoms with van der Waals surface area (Å²) in [4.78, 5) is 53.1. The number of aliphatic carboxylic acids is 1. The van der Waals surface area contributed by atoms with Crippen LogP contribution < -0.4 is 33.2 Å². The Morgan fingerprint density at radius 2 is 1.69 bits per heavy atom. The number of hydrogen-bond donors (Lipinski definition) is 8. The molecule has 1 aromatic carbocycles. The van der Waals surface area contributed by atoms with E-state index in [1.165, 1.54) is 12.1 Å². The van der Waals surface area contributed by atoms with Gasteiger partial charge in [-0.25, -0.2) is 4.79 Å². The molecular weight excluding hydrogens is 470 g/mol.